The van der Waals surface area contributed by atoms with E-state index in [1.807, 2.05) is 49.9 Å². The van der Waals surface area contributed by atoms with E-state index in [1.165, 1.54) is 5.56 Å². The van der Waals surface area contributed by atoms with Crippen molar-refractivity contribution < 1.29 is 9.59 Å². The molecule has 1 aliphatic rings. The molecule has 2 aromatic carbocycles. The molecular weight excluding hydrogens is 386 g/mol. The van der Waals surface area contributed by atoms with Gasteiger partial charge >= 0.3 is 0 Å². The van der Waals surface area contributed by atoms with E-state index in [1.54, 1.807) is 0 Å². The van der Waals surface area contributed by atoms with Gasteiger partial charge in [0, 0.05) is 38.0 Å². The Kier molecular flexibility index (Phi) is 7.37. The zero-order chi connectivity index (χ0) is 22.4. The molecule has 0 fully saturated rings. The molecule has 0 saturated heterocycles. The third-order valence-corrected chi connectivity index (χ3v) is 5.59. The van der Waals surface area contributed by atoms with E-state index in [4.69, 9.17) is 0 Å². The molecule has 1 atom stereocenters. The van der Waals surface area contributed by atoms with Gasteiger partial charge < -0.3 is 15.1 Å². The quantitative estimate of drug-likeness (QED) is 0.693. The average molecular weight is 422 g/mol. The molecule has 0 bridgehead atoms. The minimum atomic E-state index is -0.411. The van der Waals surface area contributed by atoms with Gasteiger partial charge in [-0.25, -0.2) is 0 Å². The van der Waals surface area contributed by atoms with Crippen LogP contribution in [0.1, 0.15) is 46.1 Å². The number of carbonyl (C=O) groups is 2. The van der Waals surface area contributed by atoms with E-state index < -0.39 is 5.41 Å². The van der Waals surface area contributed by atoms with Gasteiger partial charge in [-0.1, -0.05) is 70.2 Å². The van der Waals surface area contributed by atoms with Crippen LogP contribution in [0.15, 0.2) is 54.6 Å². The molecule has 1 aliphatic heterocycles. The first kappa shape index (κ1) is 22.9. The van der Waals surface area contributed by atoms with Crippen LogP contribution in [0.5, 0.6) is 0 Å². The lowest BCUT2D eigenvalue weighted by atomic mass is 9.96. The number of nitrogens with zero attached hydrogens (tertiary/aromatic N) is 2. The Morgan fingerprint density at radius 3 is 2.29 bits per heavy atom. The van der Waals surface area contributed by atoms with E-state index in [-0.39, 0.29) is 11.8 Å². The van der Waals surface area contributed by atoms with Crippen LogP contribution >= 0.6 is 0 Å². The third kappa shape index (κ3) is 6.09. The number of amides is 2. The number of anilines is 2. The fourth-order valence-corrected chi connectivity index (χ4v) is 3.93. The maximum atomic E-state index is 13.2. The number of para-hydroxylation sites is 2. The first-order chi connectivity index (χ1) is 14.8. The summed E-state index contributed by atoms with van der Waals surface area (Å²) < 4.78 is 0. The van der Waals surface area contributed by atoms with Crippen molar-refractivity contribution in [1.29, 1.82) is 0 Å². The Morgan fingerprint density at radius 1 is 0.968 bits per heavy atom. The molecule has 31 heavy (non-hydrogen) atoms. The molecule has 0 radical (unpaired) electrons. The monoisotopic (exact) mass is 421 g/mol. The molecule has 0 saturated carbocycles. The van der Waals surface area contributed by atoms with Crippen LogP contribution in [0.2, 0.25) is 0 Å². The van der Waals surface area contributed by atoms with Gasteiger partial charge in [-0.05, 0) is 30.0 Å². The van der Waals surface area contributed by atoms with Crippen molar-refractivity contribution >= 4 is 23.2 Å². The van der Waals surface area contributed by atoms with Crippen LogP contribution in [-0.4, -0.2) is 31.4 Å². The van der Waals surface area contributed by atoms with E-state index >= 15 is 0 Å². The molecule has 2 amide bonds. The lowest BCUT2D eigenvalue weighted by molar-refractivity contribution is -0.128. The number of hydrogen-bond acceptors (Lipinski definition) is 3. The molecule has 0 unspecified atom stereocenters. The summed E-state index contributed by atoms with van der Waals surface area (Å²) in [5.41, 5.74) is 2.93. The molecule has 0 aliphatic carbocycles. The molecule has 0 spiro atoms. The highest BCUT2D eigenvalue weighted by molar-refractivity contribution is 5.97. The van der Waals surface area contributed by atoms with Gasteiger partial charge in [-0.2, -0.15) is 0 Å². The van der Waals surface area contributed by atoms with Crippen LogP contribution in [0, 0.1) is 11.3 Å². The Hall–Kier alpha value is -2.82. The molecule has 0 aromatic heterocycles. The highest BCUT2D eigenvalue weighted by Crippen LogP contribution is 2.35. The Balaban J connectivity index is 1.70. The molecule has 5 nitrogen and oxygen atoms in total. The van der Waals surface area contributed by atoms with Crippen molar-refractivity contribution in [2.45, 2.75) is 47.1 Å². The van der Waals surface area contributed by atoms with E-state index in [0.29, 0.717) is 31.8 Å². The van der Waals surface area contributed by atoms with E-state index in [2.05, 4.69) is 47.5 Å². The van der Waals surface area contributed by atoms with Crippen molar-refractivity contribution in [3.63, 3.8) is 0 Å². The largest absolute Gasteiger partial charge is 0.365 e. The first-order valence-corrected chi connectivity index (χ1v) is 11.2. The summed E-state index contributed by atoms with van der Waals surface area (Å²) in [4.78, 5) is 29.5. The van der Waals surface area contributed by atoms with Crippen molar-refractivity contribution in [2.24, 2.45) is 11.3 Å². The number of nitrogens with one attached hydrogen (secondary N) is 1. The van der Waals surface area contributed by atoms with Gasteiger partial charge in [0.25, 0.3) is 0 Å². The summed E-state index contributed by atoms with van der Waals surface area (Å²) >= 11 is 0. The molecule has 2 aromatic rings. The van der Waals surface area contributed by atoms with E-state index in [9.17, 15) is 9.59 Å². The van der Waals surface area contributed by atoms with E-state index in [0.717, 1.165) is 24.5 Å². The van der Waals surface area contributed by atoms with Gasteiger partial charge in [0.2, 0.25) is 11.8 Å². The maximum absolute atomic E-state index is 13.2. The minimum absolute atomic E-state index is 0.0187. The predicted octanol–water partition coefficient (Wildman–Crippen LogP) is 4.62. The molecule has 3 rings (SSSR count). The second-order valence-corrected chi connectivity index (χ2v) is 9.57. The van der Waals surface area contributed by atoms with Gasteiger partial charge in [0.15, 0.2) is 0 Å². The van der Waals surface area contributed by atoms with Crippen LogP contribution in [0.25, 0.3) is 0 Å². The third-order valence-electron chi connectivity index (χ3n) is 5.59. The predicted molar refractivity (Wildman–Crippen MR) is 127 cm³/mol. The zero-order valence-electron chi connectivity index (χ0n) is 19.2. The van der Waals surface area contributed by atoms with Crippen molar-refractivity contribution in [3.8, 4) is 0 Å². The SMILES string of the molecule is C[C@@H]1CN(Cc2ccccc2)c2ccccc2N(C(=O)CCCNC(=O)C(C)(C)C)C1. The number of carbonyl (C=O) groups excluding carboxylic acids is 2. The van der Waals surface area contributed by atoms with Gasteiger partial charge in [0.1, 0.15) is 0 Å². The topological polar surface area (TPSA) is 52.6 Å². The van der Waals surface area contributed by atoms with Crippen LogP contribution in [-0.2, 0) is 16.1 Å². The van der Waals surface area contributed by atoms with Gasteiger partial charge in [0.05, 0.1) is 11.4 Å². The normalized spacial score (nSPS) is 16.5. The molecule has 1 heterocycles. The van der Waals surface area contributed by atoms with Crippen LogP contribution < -0.4 is 15.1 Å². The Morgan fingerprint density at radius 2 is 1.61 bits per heavy atom. The first-order valence-electron chi connectivity index (χ1n) is 11.2. The Bertz CT molecular complexity index is 889. The lowest BCUT2D eigenvalue weighted by Crippen LogP contribution is -2.37. The summed E-state index contributed by atoms with van der Waals surface area (Å²) in [6.07, 6.45) is 1.06. The number of benzene rings is 2. The molecule has 166 valence electrons. The number of rotatable bonds is 6. The lowest BCUT2D eigenvalue weighted by Gasteiger charge is -2.27. The highest BCUT2D eigenvalue weighted by atomic mass is 16.2. The maximum Gasteiger partial charge on any atom is 0.227 e. The summed E-state index contributed by atoms with van der Waals surface area (Å²) in [5, 5.41) is 2.94. The standard InChI is InChI=1S/C26H35N3O2/c1-20-17-28(19-21-11-6-5-7-12-21)22-13-8-9-14-23(22)29(18-20)24(30)15-10-16-27-25(31)26(2,3)4/h5-9,11-14,20H,10,15-19H2,1-4H3,(H,27,31)/t20-/m1/s1. The van der Waals surface area contributed by atoms with Crippen molar-refractivity contribution in [3.05, 3.63) is 60.2 Å². The zero-order valence-corrected chi connectivity index (χ0v) is 19.2. The van der Waals surface area contributed by atoms with Crippen molar-refractivity contribution in [2.75, 3.05) is 29.4 Å². The minimum Gasteiger partial charge on any atom is -0.365 e. The number of hydrogen-bond donors (Lipinski definition) is 1. The fraction of sp³-hybridized carbons (Fsp3) is 0.462. The molecular formula is C26H35N3O2. The smallest absolute Gasteiger partial charge is 0.227 e. The van der Waals surface area contributed by atoms with Crippen LogP contribution in [0.4, 0.5) is 11.4 Å². The summed E-state index contributed by atoms with van der Waals surface area (Å²) in [6.45, 7) is 10.8. The molecule has 5 heteroatoms. The van der Waals surface area contributed by atoms with Gasteiger partial charge in [-0.3, -0.25) is 9.59 Å². The second kappa shape index (κ2) is 9.99. The van der Waals surface area contributed by atoms with Gasteiger partial charge in [-0.15, -0.1) is 0 Å². The van der Waals surface area contributed by atoms with Crippen molar-refractivity contribution in [1.82, 2.24) is 5.32 Å². The highest BCUT2D eigenvalue weighted by Gasteiger charge is 2.28. The number of fused-ring (bicyclic) bond motifs is 1. The average Bonchev–Trinajstić information content (AvgIpc) is 2.87. The summed E-state index contributed by atoms with van der Waals surface area (Å²) in [6, 6.07) is 18.7. The van der Waals surface area contributed by atoms with Crippen LogP contribution in [0.3, 0.4) is 0 Å². The summed E-state index contributed by atoms with van der Waals surface area (Å²) in [7, 11) is 0. The Labute approximate surface area is 186 Å². The summed E-state index contributed by atoms with van der Waals surface area (Å²) in [5.74, 6) is 0.483. The second-order valence-electron chi connectivity index (χ2n) is 9.57. The molecule has 1 N–H and O–H groups in total. The fourth-order valence-electron chi connectivity index (χ4n) is 3.93.